The zero-order chi connectivity index (χ0) is 20.4. The largest absolute Gasteiger partial charge is 0.351 e. The van der Waals surface area contributed by atoms with E-state index in [1.807, 2.05) is 13.0 Å². The lowest BCUT2D eigenvalue weighted by atomic mass is 9.94. The van der Waals surface area contributed by atoms with E-state index in [1.54, 1.807) is 31.2 Å². The van der Waals surface area contributed by atoms with Crippen molar-refractivity contribution in [2.24, 2.45) is 0 Å². The molecule has 7 nitrogen and oxygen atoms in total. The Hall–Kier alpha value is -2.97. The molecule has 1 aliphatic rings. The van der Waals surface area contributed by atoms with E-state index < -0.39 is 11.0 Å². The molecular formula is C19H17ClN4O3S. The van der Waals surface area contributed by atoms with Crippen molar-refractivity contribution in [3.63, 3.8) is 0 Å². The number of nitrogens with one attached hydrogen (secondary N) is 3. The molecule has 0 fully saturated rings. The highest BCUT2D eigenvalue weighted by Crippen LogP contribution is 2.30. The van der Waals surface area contributed by atoms with Crippen molar-refractivity contribution < 1.29 is 9.72 Å². The van der Waals surface area contributed by atoms with Gasteiger partial charge in [-0.3, -0.25) is 14.9 Å². The number of non-ortho nitro benzene ring substituents is 1. The van der Waals surface area contributed by atoms with Gasteiger partial charge in [0.25, 0.3) is 11.6 Å². The van der Waals surface area contributed by atoms with Crippen LogP contribution in [0, 0.1) is 17.0 Å². The van der Waals surface area contributed by atoms with Gasteiger partial charge in [-0.2, -0.15) is 0 Å². The van der Waals surface area contributed by atoms with Gasteiger partial charge in [0.2, 0.25) is 0 Å². The molecule has 144 valence electrons. The minimum Gasteiger partial charge on any atom is -0.351 e. The number of carbonyl (C=O) groups excluding carboxylic acids is 1. The second-order valence-electron chi connectivity index (χ2n) is 6.34. The Balaban J connectivity index is 1.97. The number of nitro benzene ring substituents is 1. The number of amides is 1. The number of rotatable bonds is 4. The molecule has 2 aromatic carbocycles. The lowest BCUT2D eigenvalue weighted by Crippen LogP contribution is -2.45. The average Bonchev–Trinajstić information content (AvgIpc) is 2.64. The molecule has 1 amide bonds. The maximum atomic E-state index is 13.0. The molecule has 0 saturated heterocycles. The van der Waals surface area contributed by atoms with E-state index >= 15 is 0 Å². The average molecular weight is 417 g/mol. The Morgan fingerprint density at radius 1 is 1.25 bits per heavy atom. The number of nitro groups is 1. The van der Waals surface area contributed by atoms with Gasteiger partial charge in [0, 0.05) is 28.5 Å². The van der Waals surface area contributed by atoms with E-state index in [1.165, 1.54) is 12.1 Å². The van der Waals surface area contributed by atoms with Crippen molar-refractivity contribution in [2.75, 3.05) is 5.32 Å². The molecule has 0 aromatic heterocycles. The third-order valence-corrected chi connectivity index (χ3v) is 4.98. The number of allylic oxidation sites excluding steroid dienone is 1. The molecule has 9 heteroatoms. The molecule has 0 radical (unpaired) electrons. The van der Waals surface area contributed by atoms with Crippen molar-refractivity contribution in [1.82, 2.24) is 10.6 Å². The van der Waals surface area contributed by atoms with Gasteiger partial charge in [0.1, 0.15) is 0 Å². The van der Waals surface area contributed by atoms with Crippen molar-refractivity contribution in [1.29, 1.82) is 0 Å². The number of aryl methyl sites for hydroxylation is 1. The molecule has 1 unspecified atom stereocenters. The van der Waals surface area contributed by atoms with Crippen molar-refractivity contribution in [3.05, 3.63) is 80.0 Å². The van der Waals surface area contributed by atoms with Crippen LogP contribution in [0.15, 0.2) is 53.7 Å². The molecule has 0 spiro atoms. The third-order valence-electron chi connectivity index (χ3n) is 4.36. The molecular weight excluding hydrogens is 400 g/mol. The first-order chi connectivity index (χ1) is 13.3. The predicted molar refractivity (Wildman–Crippen MR) is 112 cm³/mol. The van der Waals surface area contributed by atoms with Crippen LogP contribution in [-0.4, -0.2) is 15.9 Å². The fraction of sp³-hybridized carbons (Fsp3) is 0.158. The quantitative estimate of drug-likeness (QED) is 0.396. The van der Waals surface area contributed by atoms with E-state index in [0.29, 0.717) is 32.7 Å². The van der Waals surface area contributed by atoms with Gasteiger partial charge in [0.05, 0.1) is 16.5 Å². The van der Waals surface area contributed by atoms with Crippen LogP contribution < -0.4 is 16.0 Å². The van der Waals surface area contributed by atoms with Crippen molar-refractivity contribution >= 4 is 46.2 Å². The van der Waals surface area contributed by atoms with Crippen LogP contribution in [0.5, 0.6) is 0 Å². The number of anilines is 1. The van der Waals surface area contributed by atoms with Crippen LogP contribution in [0.25, 0.3) is 0 Å². The van der Waals surface area contributed by atoms with Gasteiger partial charge in [-0.1, -0.05) is 29.8 Å². The van der Waals surface area contributed by atoms with Crippen molar-refractivity contribution in [2.45, 2.75) is 19.9 Å². The number of thiocarbonyl (C=S) groups is 1. The molecule has 3 N–H and O–H groups in total. The van der Waals surface area contributed by atoms with Gasteiger partial charge in [-0.25, -0.2) is 0 Å². The van der Waals surface area contributed by atoms with E-state index in [2.05, 4.69) is 16.0 Å². The summed E-state index contributed by atoms with van der Waals surface area (Å²) in [7, 11) is 0. The van der Waals surface area contributed by atoms with Gasteiger partial charge < -0.3 is 16.0 Å². The summed E-state index contributed by atoms with van der Waals surface area (Å²) in [6, 6.07) is 10.7. The fourth-order valence-electron chi connectivity index (χ4n) is 2.93. The number of nitrogens with zero attached hydrogens (tertiary/aromatic N) is 1. The Morgan fingerprint density at radius 3 is 2.68 bits per heavy atom. The topological polar surface area (TPSA) is 96.3 Å². The first kappa shape index (κ1) is 19.8. The number of benzene rings is 2. The standard InChI is InChI=1S/C19H17ClN4O3S/c1-10-6-7-13(9-15(10)20)22-18(25)16-11(2)21-19(28)23-17(16)12-4-3-5-14(8-12)24(26)27/h3-9,17H,1-2H3,(H,22,25)(H2,21,23,28). The predicted octanol–water partition coefficient (Wildman–Crippen LogP) is 3.99. The van der Waals surface area contributed by atoms with E-state index in [0.717, 1.165) is 5.56 Å². The highest BCUT2D eigenvalue weighted by atomic mass is 35.5. The van der Waals surface area contributed by atoms with Gasteiger partial charge in [-0.15, -0.1) is 0 Å². The van der Waals surface area contributed by atoms with E-state index in [-0.39, 0.29) is 11.6 Å². The minimum atomic E-state index is -0.630. The molecule has 0 saturated carbocycles. The molecule has 3 rings (SSSR count). The highest BCUT2D eigenvalue weighted by molar-refractivity contribution is 7.80. The monoisotopic (exact) mass is 416 g/mol. The molecule has 1 heterocycles. The highest BCUT2D eigenvalue weighted by Gasteiger charge is 2.30. The lowest BCUT2D eigenvalue weighted by Gasteiger charge is -2.30. The smallest absolute Gasteiger partial charge is 0.269 e. The number of carbonyl (C=O) groups is 1. The zero-order valence-corrected chi connectivity index (χ0v) is 16.6. The summed E-state index contributed by atoms with van der Waals surface area (Å²) in [4.78, 5) is 23.7. The van der Waals surface area contributed by atoms with Gasteiger partial charge in [-0.05, 0) is 49.3 Å². The minimum absolute atomic E-state index is 0.0634. The lowest BCUT2D eigenvalue weighted by molar-refractivity contribution is -0.384. The molecule has 1 aliphatic heterocycles. The number of hydrogen-bond acceptors (Lipinski definition) is 4. The van der Waals surface area contributed by atoms with Crippen LogP contribution in [0.4, 0.5) is 11.4 Å². The summed E-state index contributed by atoms with van der Waals surface area (Å²) < 4.78 is 0. The maximum absolute atomic E-state index is 13.0. The second kappa shape index (κ2) is 7.95. The molecule has 2 aromatic rings. The van der Waals surface area contributed by atoms with Crippen LogP contribution >= 0.6 is 23.8 Å². The summed E-state index contributed by atoms with van der Waals surface area (Å²) in [5.41, 5.74) is 2.89. The second-order valence-corrected chi connectivity index (χ2v) is 7.16. The first-order valence-corrected chi connectivity index (χ1v) is 9.15. The Kier molecular flexibility index (Phi) is 5.62. The summed E-state index contributed by atoms with van der Waals surface area (Å²) in [5.74, 6) is -0.364. The van der Waals surface area contributed by atoms with Crippen LogP contribution in [0.3, 0.4) is 0 Å². The third kappa shape index (κ3) is 4.13. The maximum Gasteiger partial charge on any atom is 0.269 e. The van der Waals surface area contributed by atoms with Crippen molar-refractivity contribution in [3.8, 4) is 0 Å². The number of halogens is 1. The van der Waals surface area contributed by atoms with E-state index in [9.17, 15) is 14.9 Å². The molecule has 28 heavy (non-hydrogen) atoms. The Morgan fingerprint density at radius 2 is 2.00 bits per heavy atom. The van der Waals surface area contributed by atoms with Gasteiger partial charge >= 0.3 is 0 Å². The van der Waals surface area contributed by atoms with Gasteiger partial charge in [0.15, 0.2) is 5.11 Å². The summed E-state index contributed by atoms with van der Waals surface area (Å²) >= 11 is 11.3. The SMILES string of the molecule is CC1=C(C(=O)Nc2ccc(C)c(Cl)c2)C(c2cccc([N+](=O)[O-])c2)NC(=S)N1. The van der Waals surface area contributed by atoms with E-state index in [4.69, 9.17) is 23.8 Å². The molecule has 0 bridgehead atoms. The van der Waals surface area contributed by atoms with Crippen LogP contribution in [0.2, 0.25) is 5.02 Å². The summed E-state index contributed by atoms with van der Waals surface area (Å²) in [5, 5.41) is 20.8. The zero-order valence-electron chi connectivity index (χ0n) is 15.1. The number of hydrogen-bond donors (Lipinski definition) is 3. The fourth-order valence-corrected chi connectivity index (χ4v) is 3.38. The first-order valence-electron chi connectivity index (χ1n) is 8.36. The van der Waals surface area contributed by atoms with Crippen LogP contribution in [-0.2, 0) is 4.79 Å². The molecule has 0 aliphatic carbocycles. The molecule has 1 atom stereocenters. The Bertz CT molecular complexity index is 1020. The summed E-state index contributed by atoms with van der Waals surface area (Å²) in [6.07, 6.45) is 0. The normalized spacial score (nSPS) is 16.2. The Labute approximate surface area is 171 Å². The summed E-state index contributed by atoms with van der Waals surface area (Å²) in [6.45, 7) is 3.60. The van der Waals surface area contributed by atoms with Crippen LogP contribution in [0.1, 0.15) is 24.1 Å².